The molecular formula is C23H31N3O3S. The summed E-state index contributed by atoms with van der Waals surface area (Å²) in [5.41, 5.74) is 4.48. The maximum Gasteiger partial charge on any atom is 0.252 e. The zero-order valence-corrected chi connectivity index (χ0v) is 19.2. The number of benzene rings is 2. The number of nitrogens with zero attached hydrogens (tertiary/aromatic N) is 2. The molecule has 2 aromatic carbocycles. The van der Waals surface area contributed by atoms with Crippen LogP contribution in [-0.2, 0) is 10.0 Å². The quantitative estimate of drug-likeness (QED) is 0.793. The number of aryl methyl sites for hydroxylation is 3. The van der Waals surface area contributed by atoms with E-state index in [1.54, 1.807) is 12.1 Å². The van der Waals surface area contributed by atoms with Crippen LogP contribution in [0.1, 0.15) is 45.6 Å². The molecule has 7 heteroatoms. The molecule has 1 amide bonds. The Kier molecular flexibility index (Phi) is 6.65. The fourth-order valence-electron chi connectivity index (χ4n) is 3.85. The summed E-state index contributed by atoms with van der Waals surface area (Å²) in [5.74, 6) is -0.268. The van der Waals surface area contributed by atoms with Gasteiger partial charge in [-0.25, -0.2) is 8.42 Å². The van der Waals surface area contributed by atoms with E-state index < -0.39 is 10.0 Å². The van der Waals surface area contributed by atoms with Crippen LogP contribution in [0.15, 0.2) is 41.3 Å². The Bertz CT molecular complexity index is 1040. The number of nitrogens with one attached hydrogen (secondary N) is 1. The monoisotopic (exact) mass is 429 g/mol. The van der Waals surface area contributed by atoms with Crippen molar-refractivity contribution in [1.82, 2.24) is 14.5 Å². The van der Waals surface area contributed by atoms with Crippen LogP contribution in [0.2, 0.25) is 0 Å². The number of piperazine rings is 1. The number of carbonyl (C=O) groups is 1. The van der Waals surface area contributed by atoms with Crippen LogP contribution in [0.25, 0.3) is 0 Å². The van der Waals surface area contributed by atoms with Gasteiger partial charge in [0.25, 0.3) is 5.91 Å². The van der Waals surface area contributed by atoms with Gasteiger partial charge in [0.05, 0.1) is 10.9 Å². The molecule has 0 aliphatic carbocycles. The molecular weight excluding hydrogens is 398 g/mol. The Morgan fingerprint density at radius 1 is 0.967 bits per heavy atom. The topological polar surface area (TPSA) is 69.7 Å². The molecule has 0 unspecified atom stereocenters. The van der Waals surface area contributed by atoms with E-state index in [0.29, 0.717) is 31.7 Å². The number of carbonyl (C=O) groups excluding carboxylic acids is 1. The third-order valence-electron chi connectivity index (χ3n) is 5.79. The summed E-state index contributed by atoms with van der Waals surface area (Å²) in [4.78, 5) is 15.3. The summed E-state index contributed by atoms with van der Waals surface area (Å²) in [5, 5.41) is 3.02. The first-order chi connectivity index (χ1) is 14.1. The molecule has 1 fully saturated rings. The number of sulfonamides is 1. The second-order valence-corrected chi connectivity index (χ2v) is 10.2. The molecule has 0 bridgehead atoms. The van der Waals surface area contributed by atoms with Crippen LogP contribution in [0.3, 0.4) is 0 Å². The fraction of sp³-hybridized carbons (Fsp3) is 0.435. The summed E-state index contributed by atoms with van der Waals surface area (Å²) in [6.07, 6.45) is 0. The van der Waals surface area contributed by atoms with Crippen LogP contribution in [-0.4, -0.2) is 56.8 Å². The molecule has 162 valence electrons. The summed E-state index contributed by atoms with van der Waals surface area (Å²) >= 11 is 0. The molecule has 0 saturated carbocycles. The fourth-order valence-corrected chi connectivity index (χ4v) is 5.30. The molecule has 1 aliphatic rings. The Morgan fingerprint density at radius 2 is 1.63 bits per heavy atom. The van der Waals surface area contributed by atoms with Crippen LogP contribution < -0.4 is 5.32 Å². The van der Waals surface area contributed by atoms with Crippen LogP contribution in [0.5, 0.6) is 0 Å². The maximum absolute atomic E-state index is 13.1. The van der Waals surface area contributed by atoms with E-state index in [1.807, 2.05) is 46.9 Å². The lowest BCUT2D eigenvalue weighted by molar-refractivity contribution is 0.0939. The summed E-state index contributed by atoms with van der Waals surface area (Å²) in [7, 11) is -1.64. The largest absolute Gasteiger partial charge is 0.345 e. The lowest BCUT2D eigenvalue weighted by Crippen LogP contribution is -2.47. The van der Waals surface area contributed by atoms with Gasteiger partial charge in [0, 0.05) is 31.7 Å². The first kappa shape index (κ1) is 22.5. The standard InChI is InChI=1S/C23H31N3O3S/c1-16-6-9-21(18(3)14-16)19(4)24-23(27)22-15-20(8-7-17(22)2)30(28,29)26-12-10-25(5)11-13-26/h6-9,14-15,19H,10-13H2,1-5H3,(H,24,27)/t19-/m1/s1. The summed E-state index contributed by atoms with van der Waals surface area (Å²) < 4.78 is 27.6. The van der Waals surface area contributed by atoms with Crippen molar-refractivity contribution >= 4 is 15.9 Å². The predicted molar refractivity (Wildman–Crippen MR) is 119 cm³/mol. The third kappa shape index (κ3) is 4.74. The molecule has 2 aromatic rings. The average molecular weight is 430 g/mol. The van der Waals surface area contributed by atoms with E-state index in [2.05, 4.69) is 16.3 Å². The molecule has 1 saturated heterocycles. The normalized spacial score (nSPS) is 17.0. The van der Waals surface area contributed by atoms with Crippen molar-refractivity contribution in [2.75, 3.05) is 33.2 Å². The van der Waals surface area contributed by atoms with Gasteiger partial charge in [0.2, 0.25) is 10.0 Å². The van der Waals surface area contributed by atoms with Gasteiger partial charge < -0.3 is 10.2 Å². The zero-order chi connectivity index (χ0) is 22.1. The highest BCUT2D eigenvalue weighted by molar-refractivity contribution is 7.89. The van der Waals surface area contributed by atoms with Crippen LogP contribution in [0, 0.1) is 20.8 Å². The summed E-state index contributed by atoms with van der Waals surface area (Å²) in [6.45, 7) is 10.1. The van der Waals surface area contributed by atoms with E-state index in [9.17, 15) is 13.2 Å². The third-order valence-corrected chi connectivity index (χ3v) is 7.69. The van der Waals surface area contributed by atoms with Crippen molar-refractivity contribution in [2.24, 2.45) is 0 Å². The molecule has 6 nitrogen and oxygen atoms in total. The number of amides is 1. The second-order valence-electron chi connectivity index (χ2n) is 8.24. The van der Waals surface area contributed by atoms with Gasteiger partial charge in [-0.15, -0.1) is 0 Å². The highest BCUT2D eigenvalue weighted by Crippen LogP contribution is 2.23. The lowest BCUT2D eigenvalue weighted by atomic mass is 9.99. The Labute approximate surface area is 179 Å². The Balaban J connectivity index is 1.83. The van der Waals surface area contributed by atoms with Gasteiger partial charge in [-0.2, -0.15) is 4.31 Å². The van der Waals surface area contributed by atoms with Crippen molar-refractivity contribution in [3.05, 3.63) is 64.2 Å². The van der Waals surface area contributed by atoms with E-state index in [1.165, 1.54) is 15.9 Å². The van der Waals surface area contributed by atoms with Crippen molar-refractivity contribution in [1.29, 1.82) is 0 Å². The Morgan fingerprint density at radius 3 is 2.27 bits per heavy atom. The smallest absolute Gasteiger partial charge is 0.252 e. The first-order valence-electron chi connectivity index (χ1n) is 10.3. The minimum atomic E-state index is -3.62. The van der Waals surface area contributed by atoms with E-state index >= 15 is 0 Å². The minimum Gasteiger partial charge on any atom is -0.345 e. The highest BCUT2D eigenvalue weighted by Gasteiger charge is 2.28. The number of hydrogen-bond acceptors (Lipinski definition) is 4. The predicted octanol–water partition coefficient (Wildman–Crippen LogP) is 3.04. The average Bonchev–Trinajstić information content (AvgIpc) is 2.68. The van der Waals surface area contributed by atoms with Crippen LogP contribution >= 0.6 is 0 Å². The van der Waals surface area contributed by atoms with Gasteiger partial charge in [-0.1, -0.05) is 29.8 Å². The van der Waals surface area contributed by atoms with E-state index in [-0.39, 0.29) is 16.8 Å². The first-order valence-corrected chi connectivity index (χ1v) is 11.7. The zero-order valence-electron chi connectivity index (χ0n) is 18.4. The Hall–Kier alpha value is -2.22. The number of hydrogen-bond donors (Lipinski definition) is 1. The SMILES string of the molecule is Cc1ccc([C@@H](C)NC(=O)c2cc(S(=O)(=O)N3CCN(C)CC3)ccc2C)c(C)c1. The van der Waals surface area contributed by atoms with Gasteiger partial charge >= 0.3 is 0 Å². The van der Waals surface area contributed by atoms with E-state index in [0.717, 1.165) is 16.7 Å². The molecule has 0 radical (unpaired) electrons. The van der Waals surface area contributed by atoms with Gasteiger partial charge in [0.15, 0.2) is 0 Å². The number of rotatable bonds is 5. The van der Waals surface area contributed by atoms with Crippen molar-refractivity contribution in [3.63, 3.8) is 0 Å². The van der Waals surface area contributed by atoms with Crippen molar-refractivity contribution in [3.8, 4) is 0 Å². The molecule has 1 atom stereocenters. The van der Waals surface area contributed by atoms with Gasteiger partial charge in [-0.3, -0.25) is 4.79 Å². The molecule has 3 rings (SSSR count). The van der Waals surface area contributed by atoms with Gasteiger partial charge in [0.1, 0.15) is 0 Å². The molecule has 0 aromatic heterocycles. The maximum atomic E-state index is 13.1. The number of likely N-dealkylation sites (N-methyl/N-ethyl adjacent to an activating group) is 1. The lowest BCUT2D eigenvalue weighted by Gasteiger charge is -2.31. The molecule has 1 heterocycles. The van der Waals surface area contributed by atoms with E-state index in [4.69, 9.17) is 0 Å². The molecule has 0 spiro atoms. The summed E-state index contributed by atoms with van der Waals surface area (Å²) in [6, 6.07) is 10.8. The molecule has 30 heavy (non-hydrogen) atoms. The minimum absolute atomic E-state index is 0.168. The second kappa shape index (κ2) is 8.88. The highest BCUT2D eigenvalue weighted by atomic mass is 32.2. The van der Waals surface area contributed by atoms with Crippen molar-refractivity contribution < 1.29 is 13.2 Å². The molecule has 1 N–H and O–H groups in total. The van der Waals surface area contributed by atoms with Crippen molar-refractivity contribution in [2.45, 2.75) is 38.6 Å². The van der Waals surface area contributed by atoms with Crippen LogP contribution in [0.4, 0.5) is 0 Å². The van der Waals surface area contributed by atoms with Gasteiger partial charge in [-0.05, 0) is 63.6 Å². The molecule has 1 aliphatic heterocycles.